The summed E-state index contributed by atoms with van der Waals surface area (Å²) in [5.41, 5.74) is 0.00512. The fraction of sp³-hybridized carbons (Fsp3) is 0.316. The van der Waals surface area contributed by atoms with Crippen LogP contribution >= 0.6 is 23.2 Å². The topological polar surface area (TPSA) is 106 Å². The minimum Gasteiger partial charge on any atom is -0.449 e. The summed E-state index contributed by atoms with van der Waals surface area (Å²) in [5.74, 6) is -1.43. The predicted molar refractivity (Wildman–Crippen MR) is 114 cm³/mol. The Kier molecular flexibility index (Phi) is 8.19. The van der Waals surface area contributed by atoms with Gasteiger partial charge in [-0.1, -0.05) is 43.1 Å². The largest absolute Gasteiger partial charge is 0.449 e. The van der Waals surface area contributed by atoms with E-state index < -0.39 is 28.0 Å². The number of pyridine rings is 1. The van der Waals surface area contributed by atoms with Crippen molar-refractivity contribution in [3.8, 4) is 0 Å². The van der Waals surface area contributed by atoms with Crippen LogP contribution in [0.3, 0.4) is 0 Å². The van der Waals surface area contributed by atoms with Crippen LogP contribution in [-0.2, 0) is 19.6 Å². The summed E-state index contributed by atoms with van der Waals surface area (Å²) >= 11 is 11.7. The number of nitrogens with zero attached hydrogens (tertiary/aromatic N) is 2. The fourth-order valence-corrected chi connectivity index (χ4v) is 4.43. The molecule has 0 aliphatic rings. The Balaban J connectivity index is 2.13. The molecule has 0 spiro atoms. The van der Waals surface area contributed by atoms with E-state index >= 15 is 0 Å². The highest BCUT2D eigenvalue weighted by Crippen LogP contribution is 2.23. The zero-order chi connectivity index (χ0) is 22.5. The predicted octanol–water partition coefficient (Wildman–Crippen LogP) is 3.60. The van der Waals surface area contributed by atoms with Gasteiger partial charge in [-0.3, -0.25) is 4.79 Å². The summed E-state index contributed by atoms with van der Waals surface area (Å²) in [4.78, 5) is 28.6. The van der Waals surface area contributed by atoms with Crippen LogP contribution in [0.15, 0.2) is 41.4 Å². The number of rotatable bonds is 8. The molecule has 0 aliphatic heterocycles. The van der Waals surface area contributed by atoms with Crippen molar-refractivity contribution in [3.63, 3.8) is 0 Å². The molecule has 1 aromatic carbocycles. The Morgan fingerprint density at radius 3 is 2.47 bits per heavy atom. The van der Waals surface area contributed by atoms with Gasteiger partial charge < -0.3 is 10.1 Å². The molecule has 0 fully saturated rings. The maximum Gasteiger partial charge on any atom is 0.338 e. The second-order valence-corrected chi connectivity index (χ2v) is 8.92. The van der Waals surface area contributed by atoms with Crippen molar-refractivity contribution >= 4 is 50.9 Å². The first-order valence-electron chi connectivity index (χ1n) is 9.03. The quantitative estimate of drug-likeness (QED) is 0.586. The molecule has 30 heavy (non-hydrogen) atoms. The number of carbonyl (C=O) groups is 2. The third-order valence-electron chi connectivity index (χ3n) is 4.12. The van der Waals surface area contributed by atoms with Crippen LogP contribution in [0.4, 0.5) is 5.82 Å². The van der Waals surface area contributed by atoms with Gasteiger partial charge in [0.2, 0.25) is 10.0 Å². The third-order valence-corrected chi connectivity index (χ3v) is 6.66. The third kappa shape index (κ3) is 5.69. The van der Waals surface area contributed by atoms with E-state index in [-0.39, 0.29) is 21.3 Å². The number of benzene rings is 1. The molecule has 0 saturated heterocycles. The number of ether oxygens (including phenoxy) is 1. The van der Waals surface area contributed by atoms with Gasteiger partial charge in [-0.2, -0.15) is 4.31 Å². The summed E-state index contributed by atoms with van der Waals surface area (Å²) in [6.45, 7) is 5.41. The van der Waals surface area contributed by atoms with Crippen molar-refractivity contribution in [3.05, 3.63) is 52.1 Å². The molecule has 8 nitrogen and oxygen atoms in total. The van der Waals surface area contributed by atoms with E-state index in [4.69, 9.17) is 27.9 Å². The number of esters is 1. The number of hydrogen-bond donors (Lipinski definition) is 1. The van der Waals surface area contributed by atoms with Crippen molar-refractivity contribution in [1.82, 2.24) is 9.29 Å². The molecule has 1 heterocycles. The minimum absolute atomic E-state index is 0.00512. The lowest BCUT2D eigenvalue weighted by Crippen LogP contribution is -2.31. The summed E-state index contributed by atoms with van der Waals surface area (Å²) in [7, 11) is -3.74. The number of anilines is 1. The molecule has 1 N–H and O–H groups in total. The second-order valence-electron chi connectivity index (χ2n) is 6.14. The molecular formula is C19H21Cl2N3O5S. The first kappa shape index (κ1) is 24.1. The molecule has 0 unspecified atom stereocenters. The van der Waals surface area contributed by atoms with Crippen molar-refractivity contribution < 1.29 is 22.7 Å². The Morgan fingerprint density at radius 1 is 1.20 bits per heavy atom. The maximum atomic E-state index is 12.6. The lowest BCUT2D eigenvalue weighted by atomic mass is 10.2. The molecule has 1 aromatic heterocycles. The highest BCUT2D eigenvalue weighted by molar-refractivity contribution is 7.89. The monoisotopic (exact) mass is 473 g/mol. The van der Waals surface area contributed by atoms with Gasteiger partial charge in [0, 0.05) is 19.3 Å². The highest BCUT2D eigenvalue weighted by atomic mass is 35.5. The summed E-state index contributed by atoms with van der Waals surface area (Å²) in [6, 6.07) is 6.87. The zero-order valence-corrected chi connectivity index (χ0v) is 18.9. The fourth-order valence-electron chi connectivity index (χ4n) is 2.50. The molecule has 0 aliphatic carbocycles. The average Bonchev–Trinajstić information content (AvgIpc) is 2.70. The van der Waals surface area contributed by atoms with Gasteiger partial charge >= 0.3 is 5.97 Å². The van der Waals surface area contributed by atoms with E-state index in [0.717, 1.165) is 0 Å². The molecule has 0 radical (unpaired) electrons. The average molecular weight is 474 g/mol. The number of aromatic nitrogens is 1. The molecule has 0 bridgehead atoms. The first-order valence-corrected chi connectivity index (χ1v) is 11.2. The molecule has 1 atom stereocenters. The molecule has 162 valence electrons. The highest BCUT2D eigenvalue weighted by Gasteiger charge is 2.24. The van der Waals surface area contributed by atoms with Crippen LogP contribution in [0.5, 0.6) is 0 Å². The SMILES string of the molecule is CCN(CC)S(=O)(=O)c1cccc(C(=O)O[C@H](C)C(=O)Nc2ncc(Cl)cc2Cl)c1. The van der Waals surface area contributed by atoms with Crippen LogP contribution < -0.4 is 5.32 Å². The van der Waals surface area contributed by atoms with Crippen molar-refractivity contribution in [2.24, 2.45) is 0 Å². The number of halogens is 2. The number of amides is 1. The first-order chi connectivity index (χ1) is 14.1. The summed E-state index contributed by atoms with van der Waals surface area (Å²) in [5, 5.41) is 2.87. The minimum atomic E-state index is -3.74. The Bertz CT molecular complexity index is 1040. The van der Waals surface area contributed by atoms with E-state index in [1.54, 1.807) is 13.8 Å². The van der Waals surface area contributed by atoms with Crippen LogP contribution in [0.1, 0.15) is 31.1 Å². The van der Waals surface area contributed by atoms with Gasteiger partial charge in [-0.05, 0) is 31.2 Å². The van der Waals surface area contributed by atoms with Crippen molar-refractivity contribution in [2.75, 3.05) is 18.4 Å². The van der Waals surface area contributed by atoms with Crippen LogP contribution in [0.2, 0.25) is 10.0 Å². The van der Waals surface area contributed by atoms with E-state index in [1.807, 2.05) is 0 Å². The summed E-state index contributed by atoms with van der Waals surface area (Å²) in [6.07, 6.45) is 0.121. The van der Waals surface area contributed by atoms with Crippen molar-refractivity contribution in [2.45, 2.75) is 31.8 Å². The Hall–Kier alpha value is -2.20. The van der Waals surface area contributed by atoms with E-state index in [1.165, 1.54) is 47.8 Å². The van der Waals surface area contributed by atoms with Gasteiger partial charge in [-0.25, -0.2) is 18.2 Å². The van der Waals surface area contributed by atoms with Crippen LogP contribution in [0, 0.1) is 0 Å². The number of carbonyl (C=O) groups excluding carboxylic acids is 2. The standard InChI is InChI=1S/C19H21Cl2N3O5S/c1-4-24(5-2)30(27,28)15-8-6-7-13(9-15)19(26)29-12(3)18(25)23-17-16(21)10-14(20)11-22-17/h6-12H,4-5H2,1-3H3,(H,22,23,25)/t12-/m1/s1. The lowest BCUT2D eigenvalue weighted by molar-refractivity contribution is -0.123. The summed E-state index contributed by atoms with van der Waals surface area (Å²) < 4.78 is 31.7. The van der Waals surface area contributed by atoms with E-state index in [9.17, 15) is 18.0 Å². The molecule has 0 saturated carbocycles. The zero-order valence-electron chi connectivity index (χ0n) is 16.6. The van der Waals surface area contributed by atoms with Gasteiger partial charge in [0.15, 0.2) is 11.9 Å². The van der Waals surface area contributed by atoms with Gasteiger partial charge in [-0.15, -0.1) is 0 Å². The number of hydrogen-bond acceptors (Lipinski definition) is 6. The van der Waals surface area contributed by atoms with Crippen LogP contribution in [0.25, 0.3) is 0 Å². The smallest absolute Gasteiger partial charge is 0.338 e. The van der Waals surface area contributed by atoms with E-state index in [0.29, 0.717) is 18.1 Å². The van der Waals surface area contributed by atoms with Gasteiger partial charge in [0.25, 0.3) is 5.91 Å². The number of nitrogens with one attached hydrogen (secondary N) is 1. The van der Waals surface area contributed by atoms with Crippen molar-refractivity contribution in [1.29, 1.82) is 0 Å². The molecule has 2 rings (SSSR count). The molecule has 11 heteroatoms. The molecule has 2 aromatic rings. The van der Waals surface area contributed by atoms with Gasteiger partial charge in [0.1, 0.15) is 0 Å². The number of sulfonamides is 1. The van der Waals surface area contributed by atoms with Gasteiger partial charge in [0.05, 0.1) is 20.5 Å². The Morgan fingerprint density at radius 2 is 1.87 bits per heavy atom. The Labute approximate surface area is 185 Å². The van der Waals surface area contributed by atoms with Crippen LogP contribution in [-0.4, -0.2) is 48.8 Å². The normalized spacial score (nSPS) is 12.5. The molecule has 1 amide bonds. The maximum absolute atomic E-state index is 12.6. The lowest BCUT2D eigenvalue weighted by Gasteiger charge is -2.19. The second kappa shape index (κ2) is 10.2. The van der Waals surface area contributed by atoms with E-state index in [2.05, 4.69) is 10.3 Å². The molecular weight excluding hydrogens is 453 g/mol.